The fraction of sp³-hybridized carbons (Fsp3) is 0.500. The predicted molar refractivity (Wildman–Crippen MR) is 65.5 cm³/mol. The lowest BCUT2D eigenvalue weighted by atomic mass is 10.1. The lowest BCUT2D eigenvalue weighted by Gasteiger charge is -2.35. The van der Waals surface area contributed by atoms with Crippen molar-refractivity contribution in [2.75, 3.05) is 25.2 Å². The topological polar surface area (TPSA) is 32.7 Å². The van der Waals surface area contributed by atoms with Crippen molar-refractivity contribution >= 4 is 17.3 Å². The van der Waals surface area contributed by atoms with Gasteiger partial charge in [-0.2, -0.15) is 0 Å². The molecule has 1 heterocycles. The molecule has 4 heteroatoms. The van der Waals surface area contributed by atoms with Gasteiger partial charge in [0, 0.05) is 24.7 Å². The molecule has 0 radical (unpaired) electrons. The summed E-state index contributed by atoms with van der Waals surface area (Å²) in [4.78, 5) is 2.20. The lowest BCUT2D eigenvalue weighted by molar-refractivity contribution is 0.236. The van der Waals surface area contributed by atoms with Crippen LogP contribution < -0.4 is 9.64 Å². The molecular formula is C12H16ClNO2. The number of anilines is 1. The molecule has 0 bridgehead atoms. The average Bonchev–Trinajstić information content (AvgIpc) is 2.28. The van der Waals surface area contributed by atoms with Crippen molar-refractivity contribution in [2.24, 2.45) is 0 Å². The average molecular weight is 242 g/mol. The maximum atomic E-state index is 8.84. The molecule has 1 unspecified atom stereocenters. The molecule has 1 aliphatic heterocycles. The summed E-state index contributed by atoms with van der Waals surface area (Å²) in [5.41, 5.74) is 1.07. The second-order valence-corrected chi connectivity index (χ2v) is 4.49. The Morgan fingerprint density at radius 3 is 3.12 bits per heavy atom. The Morgan fingerprint density at radius 2 is 2.38 bits per heavy atom. The van der Waals surface area contributed by atoms with Crippen LogP contribution in [0.15, 0.2) is 18.2 Å². The molecule has 0 amide bonds. The summed E-state index contributed by atoms with van der Waals surface area (Å²) in [5.74, 6) is 0.843. The SMILES string of the molecule is CN1c2ccc(Cl)cc2OCC1CCCO. The largest absolute Gasteiger partial charge is 0.489 e. The predicted octanol–water partition coefficient (Wildman–Crippen LogP) is 2.31. The van der Waals surface area contributed by atoms with E-state index in [9.17, 15) is 0 Å². The molecule has 16 heavy (non-hydrogen) atoms. The van der Waals surface area contributed by atoms with Crippen molar-refractivity contribution in [1.82, 2.24) is 0 Å². The molecule has 0 saturated heterocycles. The highest BCUT2D eigenvalue weighted by atomic mass is 35.5. The summed E-state index contributed by atoms with van der Waals surface area (Å²) in [6.45, 7) is 0.891. The van der Waals surface area contributed by atoms with E-state index in [0.29, 0.717) is 17.7 Å². The maximum absolute atomic E-state index is 8.84. The Labute approximate surface area is 101 Å². The Balaban J connectivity index is 2.15. The number of aliphatic hydroxyl groups excluding tert-OH is 1. The molecular weight excluding hydrogens is 226 g/mol. The third-order valence-electron chi connectivity index (χ3n) is 2.98. The lowest BCUT2D eigenvalue weighted by Crippen LogP contribution is -2.40. The van der Waals surface area contributed by atoms with Gasteiger partial charge in [0.1, 0.15) is 12.4 Å². The first-order valence-corrected chi connectivity index (χ1v) is 5.86. The molecule has 1 aromatic rings. The summed E-state index contributed by atoms with van der Waals surface area (Å²) in [6.07, 6.45) is 1.75. The van der Waals surface area contributed by atoms with E-state index in [4.69, 9.17) is 21.4 Å². The minimum atomic E-state index is 0.234. The van der Waals surface area contributed by atoms with Crippen molar-refractivity contribution in [3.63, 3.8) is 0 Å². The van der Waals surface area contributed by atoms with Gasteiger partial charge in [-0.25, -0.2) is 0 Å². The molecule has 1 aromatic carbocycles. The number of fused-ring (bicyclic) bond motifs is 1. The van der Waals surface area contributed by atoms with Gasteiger partial charge in [-0.3, -0.25) is 0 Å². The summed E-state index contributed by atoms with van der Waals surface area (Å²) in [7, 11) is 2.05. The zero-order valence-electron chi connectivity index (χ0n) is 9.32. The summed E-state index contributed by atoms with van der Waals surface area (Å²) in [5, 5.41) is 9.53. The highest BCUT2D eigenvalue weighted by Gasteiger charge is 2.24. The Hall–Kier alpha value is -0.930. The van der Waals surface area contributed by atoms with Crippen LogP contribution in [-0.2, 0) is 0 Å². The van der Waals surface area contributed by atoms with Gasteiger partial charge < -0.3 is 14.7 Å². The number of aliphatic hydroxyl groups is 1. The number of hydrogen-bond acceptors (Lipinski definition) is 3. The van der Waals surface area contributed by atoms with Crippen LogP contribution >= 0.6 is 11.6 Å². The van der Waals surface area contributed by atoms with E-state index in [1.54, 1.807) is 0 Å². The van der Waals surface area contributed by atoms with Crippen molar-refractivity contribution in [3.8, 4) is 5.75 Å². The number of ether oxygens (including phenoxy) is 1. The Morgan fingerprint density at radius 1 is 1.56 bits per heavy atom. The van der Waals surface area contributed by atoms with E-state index in [1.165, 1.54) is 0 Å². The number of likely N-dealkylation sites (N-methyl/N-ethyl adjacent to an activating group) is 1. The van der Waals surface area contributed by atoms with Crippen LogP contribution in [0.25, 0.3) is 0 Å². The molecule has 0 aliphatic carbocycles. The van der Waals surface area contributed by atoms with Crippen molar-refractivity contribution in [2.45, 2.75) is 18.9 Å². The minimum absolute atomic E-state index is 0.234. The Kier molecular flexibility index (Phi) is 3.56. The van der Waals surface area contributed by atoms with Gasteiger partial charge in [0.25, 0.3) is 0 Å². The number of hydrogen-bond donors (Lipinski definition) is 1. The molecule has 0 spiro atoms. The minimum Gasteiger partial charge on any atom is -0.489 e. The smallest absolute Gasteiger partial charge is 0.144 e. The van der Waals surface area contributed by atoms with E-state index in [2.05, 4.69) is 11.9 Å². The van der Waals surface area contributed by atoms with Gasteiger partial charge in [-0.1, -0.05) is 11.6 Å². The van der Waals surface area contributed by atoms with Gasteiger partial charge in [0.05, 0.1) is 11.7 Å². The van der Waals surface area contributed by atoms with Crippen LogP contribution in [0, 0.1) is 0 Å². The van der Waals surface area contributed by atoms with Crippen LogP contribution in [0.4, 0.5) is 5.69 Å². The molecule has 2 rings (SSSR count). The maximum Gasteiger partial charge on any atom is 0.144 e. The monoisotopic (exact) mass is 241 g/mol. The summed E-state index contributed by atoms with van der Waals surface area (Å²) >= 11 is 5.91. The van der Waals surface area contributed by atoms with Crippen LogP contribution in [-0.4, -0.2) is 31.4 Å². The standard InChI is InChI=1S/C12H16ClNO2/c1-14-10(3-2-6-15)8-16-12-7-9(13)4-5-11(12)14/h4-5,7,10,15H,2-3,6,8H2,1H3. The van der Waals surface area contributed by atoms with Crippen LogP contribution in [0.5, 0.6) is 5.75 Å². The van der Waals surface area contributed by atoms with Gasteiger partial charge >= 0.3 is 0 Å². The van der Waals surface area contributed by atoms with Gasteiger partial charge in [-0.15, -0.1) is 0 Å². The molecule has 1 aliphatic rings. The first-order chi connectivity index (χ1) is 7.72. The van der Waals surface area contributed by atoms with Gasteiger partial charge in [0.15, 0.2) is 0 Å². The molecule has 3 nitrogen and oxygen atoms in total. The van der Waals surface area contributed by atoms with Crippen molar-refractivity contribution in [3.05, 3.63) is 23.2 Å². The molecule has 0 fully saturated rings. The zero-order valence-corrected chi connectivity index (χ0v) is 10.1. The summed E-state index contributed by atoms with van der Waals surface area (Å²) < 4.78 is 5.68. The number of benzene rings is 1. The fourth-order valence-electron chi connectivity index (χ4n) is 1.99. The molecule has 1 atom stereocenters. The fourth-order valence-corrected chi connectivity index (χ4v) is 2.16. The first kappa shape index (κ1) is 11.6. The molecule has 0 saturated carbocycles. The number of rotatable bonds is 3. The van der Waals surface area contributed by atoms with Crippen LogP contribution in [0.2, 0.25) is 5.02 Å². The quantitative estimate of drug-likeness (QED) is 0.882. The van der Waals surface area contributed by atoms with Crippen molar-refractivity contribution in [1.29, 1.82) is 0 Å². The van der Waals surface area contributed by atoms with Crippen LogP contribution in [0.3, 0.4) is 0 Å². The van der Waals surface area contributed by atoms with E-state index in [0.717, 1.165) is 24.3 Å². The summed E-state index contributed by atoms with van der Waals surface area (Å²) in [6, 6.07) is 6.02. The van der Waals surface area contributed by atoms with E-state index in [-0.39, 0.29) is 6.61 Å². The second kappa shape index (κ2) is 4.93. The van der Waals surface area contributed by atoms with Gasteiger partial charge in [0.2, 0.25) is 0 Å². The number of halogens is 1. The van der Waals surface area contributed by atoms with Crippen molar-refractivity contribution < 1.29 is 9.84 Å². The van der Waals surface area contributed by atoms with E-state index < -0.39 is 0 Å². The first-order valence-electron chi connectivity index (χ1n) is 5.48. The second-order valence-electron chi connectivity index (χ2n) is 4.05. The molecule has 88 valence electrons. The normalized spacial score (nSPS) is 19.2. The molecule has 0 aromatic heterocycles. The highest BCUT2D eigenvalue weighted by molar-refractivity contribution is 6.30. The highest BCUT2D eigenvalue weighted by Crippen LogP contribution is 2.35. The van der Waals surface area contributed by atoms with E-state index >= 15 is 0 Å². The van der Waals surface area contributed by atoms with Gasteiger partial charge in [-0.05, 0) is 25.0 Å². The van der Waals surface area contributed by atoms with Crippen LogP contribution in [0.1, 0.15) is 12.8 Å². The third kappa shape index (κ3) is 2.25. The zero-order chi connectivity index (χ0) is 11.5. The number of nitrogens with zero attached hydrogens (tertiary/aromatic N) is 1. The Bertz CT molecular complexity index is 370. The van der Waals surface area contributed by atoms with E-state index in [1.807, 2.05) is 18.2 Å². The molecule has 1 N–H and O–H groups in total. The third-order valence-corrected chi connectivity index (χ3v) is 3.21.